The van der Waals surface area contributed by atoms with Crippen LogP contribution >= 0.6 is 11.8 Å². The topological polar surface area (TPSA) is 24.4 Å². The van der Waals surface area contributed by atoms with Crippen LogP contribution in [0.2, 0.25) is 0 Å². The Morgan fingerprint density at radius 1 is 1.27 bits per heavy atom. The molecule has 0 aromatic rings. The summed E-state index contributed by atoms with van der Waals surface area (Å²) >= 11 is 1.73. The highest BCUT2D eigenvalue weighted by atomic mass is 32.2. The first-order valence-electron chi connectivity index (χ1n) is 3.81. The smallest absolute Gasteiger partial charge is 0.106 e. The predicted molar refractivity (Wildman–Crippen MR) is 52.2 cm³/mol. The van der Waals surface area contributed by atoms with Crippen LogP contribution in [0.3, 0.4) is 0 Å². The Hall–Kier alpha value is -0.0200. The minimum atomic E-state index is -0.0815. The Morgan fingerprint density at radius 2 is 1.82 bits per heavy atom. The van der Waals surface area contributed by atoms with Crippen LogP contribution in [0.4, 0.5) is 0 Å². The molecule has 2 nitrogen and oxygen atoms in total. The number of nitrogens with one attached hydrogen (secondary N) is 1. The molecule has 0 amide bonds. The highest BCUT2D eigenvalue weighted by Gasteiger charge is 2.37. The zero-order chi connectivity index (χ0) is 8.70. The molecule has 0 aliphatic carbocycles. The van der Waals surface area contributed by atoms with Gasteiger partial charge in [0.1, 0.15) is 5.66 Å². The molecule has 64 valence electrons. The summed E-state index contributed by atoms with van der Waals surface area (Å²) in [5.41, 5.74) is -0.0231. The van der Waals surface area contributed by atoms with Gasteiger partial charge in [0.05, 0.1) is 10.6 Å². The van der Waals surface area contributed by atoms with E-state index in [0.29, 0.717) is 0 Å². The lowest BCUT2D eigenvalue weighted by atomic mass is 10.1. The van der Waals surface area contributed by atoms with Crippen LogP contribution in [0.15, 0.2) is 4.99 Å². The second-order valence-electron chi connectivity index (χ2n) is 3.93. The first-order chi connectivity index (χ1) is 4.87. The molecule has 0 spiro atoms. The molecular formula is C8H16N2S. The molecular weight excluding hydrogens is 156 g/mol. The summed E-state index contributed by atoms with van der Waals surface area (Å²) in [6.45, 7) is 8.52. The summed E-state index contributed by atoms with van der Waals surface area (Å²) in [5.74, 6) is 0. The third-order valence-electron chi connectivity index (χ3n) is 1.73. The van der Waals surface area contributed by atoms with Gasteiger partial charge in [-0.2, -0.15) is 0 Å². The molecule has 11 heavy (non-hydrogen) atoms. The van der Waals surface area contributed by atoms with Crippen molar-refractivity contribution < 1.29 is 0 Å². The molecule has 0 saturated heterocycles. The zero-order valence-electron chi connectivity index (χ0n) is 7.86. The van der Waals surface area contributed by atoms with Crippen LogP contribution < -0.4 is 5.32 Å². The average Bonchev–Trinajstić information content (AvgIpc) is 1.99. The summed E-state index contributed by atoms with van der Waals surface area (Å²) in [7, 11) is 0. The van der Waals surface area contributed by atoms with Gasteiger partial charge >= 0.3 is 0 Å². The van der Waals surface area contributed by atoms with E-state index in [0.717, 1.165) is 0 Å². The molecule has 0 fully saturated rings. The summed E-state index contributed by atoms with van der Waals surface area (Å²) in [6, 6.07) is 0. The summed E-state index contributed by atoms with van der Waals surface area (Å²) in [6.07, 6.45) is 2.07. The van der Waals surface area contributed by atoms with Crippen molar-refractivity contribution in [2.24, 2.45) is 4.99 Å². The molecule has 0 bridgehead atoms. The lowest BCUT2D eigenvalue weighted by Gasteiger charge is -2.24. The molecule has 1 aliphatic heterocycles. The molecule has 0 radical (unpaired) electrons. The molecule has 0 aromatic carbocycles. The Labute approximate surface area is 72.9 Å². The van der Waals surface area contributed by atoms with Crippen LogP contribution in [0.25, 0.3) is 0 Å². The number of thioether (sulfide) groups is 1. The Morgan fingerprint density at radius 3 is 2.00 bits per heavy atom. The van der Waals surface area contributed by atoms with E-state index in [1.165, 1.54) is 5.04 Å². The molecule has 0 atom stereocenters. The molecule has 3 heteroatoms. The van der Waals surface area contributed by atoms with E-state index >= 15 is 0 Å². The number of aliphatic imine (C=N–C) groups is 1. The predicted octanol–water partition coefficient (Wildman–Crippen LogP) is 1.87. The maximum Gasteiger partial charge on any atom is 0.106 e. The minimum Gasteiger partial charge on any atom is -0.283 e. The Balaban J connectivity index is 2.89. The van der Waals surface area contributed by atoms with Crippen molar-refractivity contribution in [3.8, 4) is 0 Å². The molecule has 1 N–H and O–H groups in total. The molecule has 0 saturated carbocycles. The molecule has 1 aliphatic rings. The van der Waals surface area contributed by atoms with Crippen molar-refractivity contribution >= 4 is 16.8 Å². The standard InChI is InChI=1S/C8H16N2S/c1-7(2)6(11-5)9-8(3,4)10-7/h10H,1-5H3. The first kappa shape index (κ1) is 9.07. The molecule has 1 rings (SSSR count). The quantitative estimate of drug-likeness (QED) is 0.603. The second kappa shape index (κ2) is 2.49. The second-order valence-corrected chi connectivity index (χ2v) is 4.73. The van der Waals surface area contributed by atoms with Gasteiger partial charge in [-0.3, -0.25) is 10.3 Å². The Kier molecular flexibility index (Phi) is 2.05. The fourth-order valence-corrected chi connectivity index (χ4v) is 2.42. The third kappa shape index (κ3) is 1.76. The lowest BCUT2D eigenvalue weighted by molar-refractivity contribution is 0.372. The SMILES string of the molecule is CSC1=NC(C)(C)NC1(C)C. The van der Waals surface area contributed by atoms with Gasteiger partial charge in [-0.1, -0.05) is 0 Å². The van der Waals surface area contributed by atoms with Gasteiger partial charge in [0.2, 0.25) is 0 Å². The maximum atomic E-state index is 4.56. The van der Waals surface area contributed by atoms with Gasteiger partial charge in [-0.05, 0) is 34.0 Å². The summed E-state index contributed by atoms with van der Waals surface area (Å²) < 4.78 is 0. The van der Waals surface area contributed by atoms with Gasteiger partial charge in [0.15, 0.2) is 0 Å². The van der Waals surface area contributed by atoms with Crippen molar-refractivity contribution in [3.63, 3.8) is 0 Å². The van der Waals surface area contributed by atoms with E-state index in [2.05, 4.69) is 44.3 Å². The van der Waals surface area contributed by atoms with Crippen LogP contribution in [-0.4, -0.2) is 22.5 Å². The highest BCUT2D eigenvalue weighted by Crippen LogP contribution is 2.27. The third-order valence-corrected chi connectivity index (χ3v) is 2.72. The number of hydrogen-bond acceptors (Lipinski definition) is 3. The average molecular weight is 172 g/mol. The summed E-state index contributed by atoms with van der Waals surface area (Å²) in [5, 5.41) is 4.64. The van der Waals surface area contributed by atoms with E-state index in [4.69, 9.17) is 0 Å². The lowest BCUT2D eigenvalue weighted by Crippen LogP contribution is -2.47. The van der Waals surface area contributed by atoms with Gasteiger partial charge in [0.25, 0.3) is 0 Å². The molecule has 1 heterocycles. The zero-order valence-corrected chi connectivity index (χ0v) is 8.67. The fraction of sp³-hybridized carbons (Fsp3) is 0.875. The number of nitrogens with zero attached hydrogens (tertiary/aromatic N) is 1. The van der Waals surface area contributed by atoms with E-state index in [1.807, 2.05) is 0 Å². The minimum absolute atomic E-state index is 0.0584. The van der Waals surface area contributed by atoms with Crippen LogP contribution in [0.5, 0.6) is 0 Å². The van der Waals surface area contributed by atoms with Crippen LogP contribution in [0.1, 0.15) is 27.7 Å². The highest BCUT2D eigenvalue weighted by molar-refractivity contribution is 8.13. The van der Waals surface area contributed by atoms with Crippen molar-refractivity contribution in [3.05, 3.63) is 0 Å². The first-order valence-corrected chi connectivity index (χ1v) is 5.03. The maximum absolute atomic E-state index is 4.56. The van der Waals surface area contributed by atoms with Crippen molar-refractivity contribution in [1.82, 2.24) is 5.32 Å². The fourth-order valence-electron chi connectivity index (χ4n) is 1.54. The normalized spacial score (nSPS) is 26.8. The van der Waals surface area contributed by atoms with Gasteiger partial charge in [-0.25, -0.2) is 0 Å². The Bertz CT molecular complexity index is 194. The van der Waals surface area contributed by atoms with E-state index in [9.17, 15) is 0 Å². The van der Waals surface area contributed by atoms with E-state index in [1.54, 1.807) is 11.8 Å². The van der Waals surface area contributed by atoms with Gasteiger partial charge in [0, 0.05) is 0 Å². The van der Waals surface area contributed by atoms with Crippen molar-refractivity contribution in [2.75, 3.05) is 6.26 Å². The van der Waals surface area contributed by atoms with Gasteiger partial charge in [-0.15, -0.1) is 11.8 Å². The molecule has 0 unspecified atom stereocenters. The summed E-state index contributed by atoms with van der Waals surface area (Å²) in [4.78, 5) is 4.56. The van der Waals surface area contributed by atoms with Crippen LogP contribution in [0, 0.1) is 0 Å². The number of hydrogen-bond donors (Lipinski definition) is 1. The van der Waals surface area contributed by atoms with Gasteiger partial charge < -0.3 is 0 Å². The van der Waals surface area contributed by atoms with Crippen molar-refractivity contribution in [2.45, 2.75) is 38.9 Å². The largest absolute Gasteiger partial charge is 0.283 e. The van der Waals surface area contributed by atoms with E-state index in [-0.39, 0.29) is 11.2 Å². The van der Waals surface area contributed by atoms with Crippen molar-refractivity contribution in [1.29, 1.82) is 0 Å². The number of rotatable bonds is 0. The monoisotopic (exact) mass is 172 g/mol. The van der Waals surface area contributed by atoms with E-state index < -0.39 is 0 Å². The van der Waals surface area contributed by atoms with Crippen LogP contribution in [-0.2, 0) is 0 Å². The molecule has 0 aromatic heterocycles.